The Balaban J connectivity index is 2.03. The summed E-state index contributed by atoms with van der Waals surface area (Å²) in [5.41, 5.74) is 2.53. The molecule has 1 unspecified atom stereocenters. The fourth-order valence-electron chi connectivity index (χ4n) is 2.72. The van der Waals surface area contributed by atoms with E-state index in [1.165, 1.54) is 10.6 Å². The van der Waals surface area contributed by atoms with Gasteiger partial charge in [0.1, 0.15) is 5.75 Å². The normalized spacial score (nSPS) is 12.3. The highest BCUT2D eigenvalue weighted by atomic mass is 32.2. The Bertz CT molecular complexity index is 896. The van der Waals surface area contributed by atoms with Crippen LogP contribution in [-0.2, 0) is 26.1 Å². The number of sulfonamides is 1. The summed E-state index contributed by atoms with van der Waals surface area (Å²) in [5, 5.41) is 2.76. The molecule has 1 amide bonds. The van der Waals surface area contributed by atoms with Crippen molar-refractivity contribution in [3.05, 3.63) is 59.7 Å². The Hall–Kier alpha value is -2.58. The van der Waals surface area contributed by atoms with Gasteiger partial charge in [0, 0.05) is 13.2 Å². The SMILES string of the molecule is COCC(C)NC(=O)COc1ccc(N(Cc2ccc(C)cc2)S(C)(=O)=O)cc1. The molecule has 0 saturated heterocycles. The average Bonchev–Trinajstić information content (AvgIpc) is 2.65. The first-order valence-electron chi connectivity index (χ1n) is 9.23. The van der Waals surface area contributed by atoms with Crippen molar-refractivity contribution in [1.82, 2.24) is 5.32 Å². The largest absolute Gasteiger partial charge is 0.484 e. The summed E-state index contributed by atoms with van der Waals surface area (Å²) < 4.78 is 36.4. The van der Waals surface area contributed by atoms with Crippen LogP contribution in [0.5, 0.6) is 5.75 Å². The van der Waals surface area contributed by atoms with Gasteiger partial charge in [-0.25, -0.2) is 8.42 Å². The molecule has 0 bridgehead atoms. The number of benzene rings is 2. The first-order chi connectivity index (χ1) is 13.7. The number of amides is 1. The van der Waals surface area contributed by atoms with Crippen molar-refractivity contribution in [3.63, 3.8) is 0 Å². The molecule has 2 aromatic rings. The Morgan fingerprint density at radius 3 is 2.28 bits per heavy atom. The summed E-state index contributed by atoms with van der Waals surface area (Å²) in [4.78, 5) is 11.9. The molecule has 0 aliphatic heterocycles. The maximum Gasteiger partial charge on any atom is 0.258 e. The molecule has 1 N–H and O–H groups in total. The van der Waals surface area contributed by atoms with E-state index >= 15 is 0 Å². The number of nitrogens with zero attached hydrogens (tertiary/aromatic N) is 1. The van der Waals surface area contributed by atoms with Crippen molar-refractivity contribution in [3.8, 4) is 5.75 Å². The highest BCUT2D eigenvalue weighted by Crippen LogP contribution is 2.24. The Morgan fingerprint density at radius 2 is 1.72 bits per heavy atom. The van der Waals surface area contributed by atoms with Crippen molar-refractivity contribution in [1.29, 1.82) is 0 Å². The molecule has 2 rings (SSSR count). The zero-order valence-corrected chi connectivity index (χ0v) is 18.0. The molecule has 0 fully saturated rings. The lowest BCUT2D eigenvalue weighted by atomic mass is 10.1. The predicted molar refractivity (Wildman–Crippen MR) is 114 cm³/mol. The quantitative estimate of drug-likeness (QED) is 0.638. The monoisotopic (exact) mass is 420 g/mol. The van der Waals surface area contributed by atoms with E-state index in [0.717, 1.165) is 11.1 Å². The Morgan fingerprint density at radius 1 is 1.10 bits per heavy atom. The van der Waals surface area contributed by atoms with E-state index in [-0.39, 0.29) is 25.1 Å². The summed E-state index contributed by atoms with van der Waals surface area (Å²) in [6, 6.07) is 14.2. The molecule has 1 atom stereocenters. The maximum atomic E-state index is 12.3. The molecule has 0 spiro atoms. The number of carbonyl (C=O) groups excluding carboxylic acids is 1. The number of hydrogen-bond donors (Lipinski definition) is 1. The third-order valence-corrected chi connectivity index (χ3v) is 5.31. The predicted octanol–water partition coefficient (Wildman–Crippen LogP) is 2.49. The first kappa shape index (κ1) is 22.7. The fourth-order valence-corrected chi connectivity index (χ4v) is 3.61. The van der Waals surface area contributed by atoms with Gasteiger partial charge in [-0.2, -0.15) is 0 Å². The van der Waals surface area contributed by atoms with E-state index in [9.17, 15) is 13.2 Å². The molecule has 0 heterocycles. The van der Waals surface area contributed by atoms with Crippen molar-refractivity contribution in [2.24, 2.45) is 0 Å². The van der Waals surface area contributed by atoms with Gasteiger partial charge in [0.2, 0.25) is 10.0 Å². The van der Waals surface area contributed by atoms with E-state index in [0.29, 0.717) is 18.0 Å². The van der Waals surface area contributed by atoms with Crippen LogP contribution in [0, 0.1) is 6.92 Å². The minimum Gasteiger partial charge on any atom is -0.484 e. The van der Waals surface area contributed by atoms with Crippen LogP contribution in [0.15, 0.2) is 48.5 Å². The van der Waals surface area contributed by atoms with Gasteiger partial charge in [-0.15, -0.1) is 0 Å². The minimum absolute atomic E-state index is 0.108. The summed E-state index contributed by atoms with van der Waals surface area (Å²) in [6.07, 6.45) is 1.18. The van der Waals surface area contributed by atoms with Gasteiger partial charge < -0.3 is 14.8 Å². The van der Waals surface area contributed by atoms with Crippen LogP contribution in [0.2, 0.25) is 0 Å². The van der Waals surface area contributed by atoms with Crippen molar-refractivity contribution < 1.29 is 22.7 Å². The smallest absolute Gasteiger partial charge is 0.258 e. The van der Waals surface area contributed by atoms with Crippen LogP contribution < -0.4 is 14.4 Å². The van der Waals surface area contributed by atoms with Crippen LogP contribution >= 0.6 is 0 Å². The second kappa shape index (κ2) is 10.3. The second-order valence-electron chi connectivity index (χ2n) is 6.96. The van der Waals surface area contributed by atoms with Crippen LogP contribution in [0.4, 0.5) is 5.69 Å². The van der Waals surface area contributed by atoms with E-state index in [2.05, 4.69) is 5.32 Å². The Labute approximate surface area is 172 Å². The van der Waals surface area contributed by atoms with E-state index in [1.807, 2.05) is 38.1 Å². The number of anilines is 1. The van der Waals surface area contributed by atoms with E-state index in [1.54, 1.807) is 31.4 Å². The lowest BCUT2D eigenvalue weighted by Crippen LogP contribution is -2.38. The Kier molecular flexibility index (Phi) is 8.04. The molecular formula is C21H28N2O5S. The lowest BCUT2D eigenvalue weighted by Gasteiger charge is -2.23. The second-order valence-corrected chi connectivity index (χ2v) is 8.87. The van der Waals surface area contributed by atoms with Gasteiger partial charge in [-0.05, 0) is 43.7 Å². The topological polar surface area (TPSA) is 84.9 Å². The van der Waals surface area contributed by atoms with Crippen LogP contribution in [0.25, 0.3) is 0 Å². The third kappa shape index (κ3) is 7.40. The highest BCUT2D eigenvalue weighted by Gasteiger charge is 2.18. The van der Waals surface area contributed by atoms with Crippen molar-refractivity contribution in [2.45, 2.75) is 26.4 Å². The van der Waals surface area contributed by atoms with Crippen LogP contribution in [-0.4, -0.2) is 46.9 Å². The molecule has 0 saturated carbocycles. The lowest BCUT2D eigenvalue weighted by molar-refractivity contribution is -0.124. The van der Waals surface area contributed by atoms with Gasteiger partial charge in [-0.3, -0.25) is 9.10 Å². The standard InChI is InChI=1S/C21H28N2O5S/c1-16-5-7-18(8-6-16)13-23(29(4,25)26)19-9-11-20(12-10-19)28-15-21(24)22-17(2)14-27-3/h5-12,17H,13-15H2,1-4H3,(H,22,24). The molecule has 0 aromatic heterocycles. The van der Waals surface area contributed by atoms with Gasteiger partial charge in [0.25, 0.3) is 5.91 Å². The average molecular weight is 421 g/mol. The molecule has 29 heavy (non-hydrogen) atoms. The van der Waals surface area contributed by atoms with Gasteiger partial charge >= 0.3 is 0 Å². The summed E-state index contributed by atoms with van der Waals surface area (Å²) in [5.74, 6) is 0.225. The summed E-state index contributed by atoms with van der Waals surface area (Å²) in [6.45, 7) is 4.34. The number of carbonyl (C=O) groups is 1. The van der Waals surface area contributed by atoms with Gasteiger partial charge in [0.05, 0.1) is 25.1 Å². The first-order valence-corrected chi connectivity index (χ1v) is 11.1. The van der Waals surface area contributed by atoms with Gasteiger partial charge in [-0.1, -0.05) is 29.8 Å². The summed E-state index contributed by atoms with van der Waals surface area (Å²) >= 11 is 0. The number of rotatable bonds is 10. The molecular weight excluding hydrogens is 392 g/mol. The maximum absolute atomic E-state index is 12.3. The molecule has 2 aromatic carbocycles. The fraction of sp³-hybridized carbons (Fsp3) is 0.381. The third-order valence-electron chi connectivity index (χ3n) is 4.17. The summed E-state index contributed by atoms with van der Waals surface area (Å²) in [7, 11) is -1.90. The molecule has 8 heteroatoms. The van der Waals surface area contributed by atoms with Crippen LogP contribution in [0.3, 0.4) is 0 Å². The molecule has 0 aliphatic carbocycles. The zero-order chi connectivity index (χ0) is 21.4. The number of nitrogens with one attached hydrogen (secondary N) is 1. The number of ether oxygens (including phenoxy) is 2. The number of aryl methyl sites for hydroxylation is 1. The number of hydrogen-bond acceptors (Lipinski definition) is 5. The molecule has 158 valence electrons. The highest BCUT2D eigenvalue weighted by molar-refractivity contribution is 7.92. The zero-order valence-electron chi connectivity index (χ0n) is 17.2. The van der Waals surface area contributed by atoms with Crippen molar-refractivity contribution >= 4 is 21.6 Å². The molecule has 0 radical (unpaired) electrons. The minimum atomic E-state index is -3.47. The van der Waals surface area contributed by atoms with Crippen LogP contribution in [0.1, 0.15) is 18.1 Å². The van der Waals surface area contributed by atoms with Gasteiger partial charge in [0.15, 0.2) is 6.61 Å². The number of methoxy groups -OCH3 is 1. The molecule has 7 nitrogen and oxygen atoms in total. The van der Waals surface area contributed by atoms with E-state index in [4.69, 9.17) is 9.47 Å². The van der Waals surface area contributed by atoms with Crippen molar-refractivity contribution in [2.75, 3.05) is 30.9 Å². The van der Waals surface area contributed by atoms with E-state index < -0.39 is 10.0 Å². The molecule has 0 aliphatic rings.